The van der Waals surface area contributed by atoms with E-state index in [0.717, 1.165) is 38.0 Å². The van der Waals surface area contributed by atoms with E-state index in [1.54, 1.807) is 12.1 Å². The second-order valence-electron chi connectivity index (χ2n) is 5.40. The minimum atomic E-state index is -0.253. The number of hydrogen-bond donors (Lipinski definition) is 2. The summed E-state index contributed by atoms with van der Waals surface area (Å²) >= 11 is 3.20. The molecule has 0 aliphatic carbocycles. The van der Waals surface area contributed by atoms with Crippen LogP contribution in [0.15, 0.2) is 22.7 Å². The second-order valence-corrected chi connectivity index (χ2v) is 6.26. The van der Waals surface area contributed by atoms with Gasteiger partial charge in [-0.1, -0.05) is 6.07 Å². The summed E-state index contributed by atoms with van der Waals surface area (Å²) in [4.78, 5) is 14.2. The number of hydrogen-bond acceptors (Lipinski definition) is 3. The average Bonchev–Trinajstić information content (AvgIpc) is 2.49. The molecule has 0 spiro atoms. The minimum Gasteiger partial charge on any atom is -0.355 e. The van der Waals surface area contributed by atoms with Gasteiger partial charge in [0.15, 0.2) is 0 Å². The van der Waals surface area contributed by atoms with Gasteiger partial charge in [0, 0.05) is 26.2 Å². The van der Waals surface area contributed by atoms with Crippen molar-refractivity contribution in [2.45, 2.75) is 19.4 Å². The van der Waals surface area contributed by atoms with Crippen molar-refractivity contribution in [1.29, 1.82) is 0 Å². The molecule has 0 saturated carbocycles. The molecule has 1 fully saturated rings. The van der Waals surface area contributed by atoms with Crippen molar-refractivity contribution < 1.29 is 9.18 Å². The van der Waals surface area contributed by atoms with Gasteiger partial charge in [-0.25, -0.2) is 4.39 Å². The van der Waals surface area contributed by atoms with Gasteiger partial charge in [0.1, 0.15) is 5.82 Å². The monoisotopic (exact) mass is 393 g/mol. The summed E-state index contributed by atoms with van der Waals surface area (Å²) in [5.74, 6) is -0.143. The lowest BCUT2D eigenvalue weighted by Gasteiger charge is -2.32. The molecule has 1 aliphatic rings. The highest BCUT2D eigenvalue weighted by Gasteiger charge is 2.25. The van der Waals surface area contributed by atoms with Crippen LogP contribution < -0.4 is 11.1 Å². The molecule has 1 atom stereocenters. The number of piperidine rings is 1. The van der Waals surface area contributed by atoms with Crippen LogP contribution in [-0.2, 0) is 11.3 Å². The summed E-state index contributed by atoms with van der Waals surface area (Å²) in [5.41, 5.74) is 6.45. The molecule has 1 unspecified atom stereocenters. The van der Waals surface area contributed by atoms with Gasteiger partial charge in [0.05, 0.1) is 10.4 Å². The Morgan fingerprint density at radius 3 is 2.95 bits per heavy atom. The van der Waals surface area contributed by atoms with Gasteiger partial charge in [0.2, 0.25) is 5.91 Å². The summed E-state index contributed by atoms with van der Waals surface area (Å²) in [6, 6.07) is 5.06. The SMILES string of the molecule is Cl.NCCNC(=O)C1CCCN(Cc2ccc(F)c(Br)c2)C1. The lowest BCUT2D eigenvalue weighted by Crippen LogP contribution is -2.43. The number of halogens is 3. The van der Waals surface area contributed by atoms with Crippen molar-refractivity contribution in [1.82, 2.24) is 10.2 Å². The second kappa shape index (κ2) is 9.45. The van der Waals surface area contributed by atoms with E-state index in [0.29, 0.717) is 17.6 Å². The zero-order valence-corrected chi connectivity index (χ0v) is 14.8. The first kappa shape index (κ1) is 19.4. The van der Waals surface area contributed by atoms with E-state index in [4.69, 9.17) is 5.73 Å². The number of benzene rings is 1. The number of likely N-dealkylation sites (tertiary alicyclic amines) is 1. The molecule has 1 aromatic rings. The topological polar surface area (TPSA) is 58.4 Å². The van der Waals surface area contributed by atoms with E-state index in [1.807, 2.05) is 0 Å². The third-order valence-electron chi connectivity index (χ3n) is 3.71. The molecule has 1 saturated heterocycles. The largest absolute Gasteiger partial charge is 0.355 e. The van der Waals surface area contributed by atoms with E-state index < -0.39 is 0 Å². The Hall–Kier alpha value is -0.690. The normalized spacial score (nSPS) is 18.6. The highest BCUT2D eigenvalue weighted by atomic mass is 79.9. The van der Waals surface area contributed by atoms with Crippen LogP contribution in [0.2, 0.25) is 0 Å². The highest BCUT2D eigenvalue weighted by molar-refractivity contribution is 9.10. The van der Waals surface area contributed by atoms with Crippen molar-refractivity contribution in [3.05, 3.63) is 34.1 Å². The Labute approximate surface area is 145 Å². The lowest BCUT2D eigenvalue weighted by molar-refractivity contribution is -0.126. The van der Waals surface area contributed by atoms with Crippen molar-refractivity contribution in [2.24, 2.45) is 11.7 Å². The maximum atomic E-state index is 13.2. The third-order valence-corrected chi connectivity index (χ3v) is 4.32. The van der Waals surface area contributed by atoms with Crippen LogP contribution in [0.5, 0.6) is 0 Å². The molecular formula is C15H22BrClFN3O. The van der Waals surface area contributed by atoms with E-state index in [-0.39, 0.29) is 30.0 Å². The Morgan fingerprint density at radius 1 is 1.50 bits per heavy atom. The molecule has 1 aromatic carbocycles. The number of nitrogens with one attached hydrogen (secondary N) is 1. The van der Waals surface area contributed by atoms with E-state index in [2.05, 4.69) is 26.1 Å². The number of rotatable bonds is 5. The summed E-state index contributed by atoms with van der Waals surface area (Å²) in [6.07, 6.45) is 1.92. The van der Waals surface area contributed by atoms with Crippen LogP contribution in [0.1, 0.15) is 18.4 Å². The number of nitrogens with zero attached hydrogens (tertiary/aromatic N) is 1. The number of nitrogens with two attached hydrogens (primary N) is 1. The molecular weight excluding hydrogens is 373 g/mol. The molecule has 124 valence electrons. The molecule has 1 amide bonds. The molecule has 0 aromatic heterocycles. The predicted octanol–water partition coefficient (Wildman–Crippen LogP) is 2.30. The number of carbonyl (C=O) groups is 1. The molecule has 0 bridgehead atoms. The third kappa shape index (κ3) is 5.50. The maximum Gasteiger partial charge on any atom is 0.224 e. The summed E-state index contributed by atoms with van der Waals surface area (Å²) in [5, 5.41) is 2.86. The predicted molar refractivity (Wildman–Crippen MR) is 91.4 cm³/mol. The van der Waals surface area contributed by atoms with Crippen molar-refractivity contribution >= 4 is 34.2 Å². The Morgan fingerprint density at radius 2 is 2.27 bits per heavy atom. The quantitative estimate of drug-likeness (QED) is 0.805. The van der Waals surface area contributed by atoms with Gasteiger partial charge in [0.25, 0.3) is 0 Å². The first-order valence-corrected chi connectivity index (χ1v) is 8.03. The molecule has 7 heteroatoms. The van der Waals surface area contributed by atoms with Gasteiger partial charge in [-0.05, 0) is 53.0 Å². The Bertz CT molecular complexity index is 504. The highest BCUT2D eigenvalue weighted by Crippen LogP contribution is 2.21. The first-order chi connectivity index (χ1) is 10.1. The van der Waals surface area contributed by atoms with Gasteiger partial charge < -0.3 is 11.1 Å². The van der Waals surface area contributed by atoms with Crippen LogP contribution in [0.3, 0.4) is 0 Å². The molecule has 2 rings (SSSR count). The van der Waals surface area contributed by atoms with Gasteiger partial charge >= 0.3 is 0 Å². The van der Waals surface area contributed by atoms with Crippen LogP contribution in [0.4, 0.5) is 4.39 Å². The summed E-state index contributed by atoms with van der Waals surface area (Å²) in [7, 11) is 0. The number of carbonyl (C=O) groups excluding carboxylic acids is 1. The average molecular weight is 395 g/mol. The van der Waals surface area contributed by atoms with Crippen LogP contribution in [0.25, 0.3) is 0 Å². The molecule has 22 heavy (non-hydrogen) atoms. The Balaban J connectivity index is 0.00000242. The molecule has 3 N–H and O–H groups in total. The zero-order chi connectivity index (χ0) is 15.2. The molecule has 1 aliphatic heterocycles. The molecule has 4 nitrogen and oxygen atoms in total. The van der Waals surface area contributed by atoms with Crippen molar-refractivity contribution in [3.8, 4) is 0 Å². The van der Waals surface area contributed by atoms with Crippen molar-refractivity contribution in [2.75, 3.05) is 26.2 Å². The van der Waals surface area contributed by atoms with E-state index in [9.17, 15) is 9.18 Å². The minimum absolute atomic E-state index is 0. The maximum absolute atomic E-state index is 13.2. The van der Waals surface area contributed by atoms with E-state index >= 15 is 0 Å². The smallest absolute Gasteiger partial charge is 0.224 e. The van der Waals surface area contributed by atoms with Crippen molar-refractivity contribution in [3.63, 3.8) is 0 Å². The number of amides is 1. The molecule has 0 radical (unpaired) electrons. The fraction of sp³-hybridized carbons (Fsp3) is 0.533. The zero-order valence-electron chi connectivity index (χ0n) is 12.4. The van der Waals surface area contributed by atoms with E-state index in [1.165, 1.54) is 6.07 Å². The Kier molecular flexibility index (Phi) is 8.31. The fourth-order valence-electron chi connectivity index (χ4n) is 2.65. The standard InChI is InChI=1S/C15H21BrFN3O.ClH/c16-13-8-11(3-4-14(13)17)9-20-7-1-2-12(10-20)15(21)19-6-5-18;/h3-4,8,12H,1-2,5-7,9-10,18H2,(H,19,21);1H. The molecule has 1 heterocycles. The van der Waals surface area contributed by atoms with Crippen LogP contribution in [-0.4, -0.2) is 37.0 Å². The van der Waals surface area contributed by atoms with Gasteiger partial charge in [-0.2, -0.15) is 0 Å². The fourth-order valence-corrected chi connectivity index (χ4v) is 3.08. The lowest BCUT2D eigenvalue weighted by atomic mass is 9.96. The van der Waals surface area contributed by atoms with Gasteiger partial charge in [-0.15, -0.1) is 12.4 Å². The summed E-state index contributed by atoms with van der Waals surface area (Å²) < 4.78 is 13.7. The first-order valence-electron chi connectivity index (χ1n) is 7.24. The van der Waals surface area contributed by atoms with Crippen LogP contribution in [0, 0.1) is 11.7 Å². The van der Waals surface area contributed by atoms with Gasteiger partial charge in [-0.3, -0.25) is 9.69 Å². The van der Waals surface area contributed by atoms with Crippen LogP contribution >= 0.6 is 28.3 Å². The summed E-state index contributed by atoms with van der Waals surface area (Å²) in [6.45, 7) is 3.44.